The van der Waals surface area contributed by atoms with Crippen LogP contribution in [0, 0.1) is 6.92 Å². The van der Waals surface area contributed by atoms with Crippen LogP contribution in [0.4, 0.5) is 30.4 Å². The van der Waals surface area contributed by atoms with Gasteiger partial charge in [0.25, 0.3) is 5.91 Å². The summed E-state index contributed by atoms with van der Waals surface area (Å²) in [6.45, 7) is 4.07. The van der Waals surface area contributed by atoms with Crippen molar-refractivity contribution in [2.45, 2.75) is 20.0 Å². The monoisotopic (exact) mass is 416 g/mol. The fraction of sp³-hybridized carbons (Fsp3) is 0.190. The molecule has 9 heteroatoms. The highest BCUT2D eigenvalue weighted by molar-refractivity contribution is 6.05. The van der Waals surface area contributed by atoms with E-state index in [1.54, 1.807) is 37.3 Å². The van der Waals surface area contributed by atoms with E-state index in [0.29, 0.717) is 35.5 Å². The molecule has 0 aliphatic carbocycles. The Kier molecular flexibility index (Phi) is 6.20. The van der Waals surface area contributed by atoms with Crippen molar-refractivity contribution in [2.75, 3.05) is 17.2 Å². The van der Waals surface area contributed by atoms with Gasteiger partial charge in [0.15, 0.2) is 0 Å². The second-order valence-electron chi connectivity index (χ2n) is 6.27. The molecule has 0 spiro atoms. The van der Waals surface area contributed by atoms with E-state index in [1.165, 1.54) is 12.1 Å². The van der Waals surface area contributed by atoms with Crippen LogP contribution in [-0.2, 0) is 6.18 Å². The first-order valence-corrected chi connectivity index (χ1v) is 9.09. The Hall–Kier alpha value is -3.62. The zero-order valence-corrected chi connectivity index (χ0v) is 16.2. The Labute approximate surface area is 171 Å². The first-order valence-electron chi connectivity index (χ1n) is 9.09. The molecule has 6 nitrogen and oxygen atoms in total. The topological polar surface area (TPSA) is 76.1 Å². The molecular formula is C21H19F3N4O2. The number of carbonyl (C=O) groups is 1. The number of hydrogen-bond donors (Lipinski definition) is 2. The molecule has 1 amide bonds. The van der Waals surface area contributed by atoms with Gasteiger partial charge in [0.1, 0.15) is 11.6 Å². The summed E-state index contributed by atoms with van der Waals surface area (Å²) in [5, 5.41) is 5.58. The van der Waals surface area contributed by atoms with Gasteiger partial charge >= 0.3 is 6.18 Å². The quantitative estimate of drug-likeness (QED) is 0.578. The number of anilines is 3. The zero-order valence-electron chi connectivity index (χ0n) is 16.2. The summed E-state index contributed by atoms with van der Waals surface area (Å²) in [6, 6.07) is 12.8. The largest absolute Gasteiger partial charge is 0.478 e. The third-order valence-corrected chi connectivity index (χ3v) is 4.00. The van der Waals surface area contributed by atoms with Gasteiger partial charge in [0.2, 0.25) is 5.88 Å². The second kappa shape index (κ2) is 8.81. The van der Waals surface area contributed by atoms with E-state index in [9.17, 15) is 18.0 Å². The minimum atomic E-state index is -4.61. The molecule has 1 aromatic heterocycles. The van der Waals surface area contributed by atoms with E-state index in [4.69, 9.17) is 4.74 Å². The number of hydrogen-bond acceptors (Lipinski definition) is 5. The Balaban J connectivity index is 1.72. The normalized spacial score (nSPS) is 11.1. The number of aryl methyl sites for hydroxylation is 1. The highest BCUT2D eigenvalue weighted by Gasteiger charge is 2.34. The van der Waals surface area contributed by atoms with Crippen LogP contribution < -0.4 is 15.4 Å². The van der Waals surface area contributed by atoms with Gasteiger partial charge in [0.05, 0.1) is 17.7 Å². The molecule has 156 valence electrons. The van der Waals surface area contributed by atoms with Gasteiger partial charge in [-0.3, -0.25) is 4.79 Å². The molecule has 2 aromatic carbocycles. The lowest BCUT2D eigenvalue weighted by Gasteiger charge is -2.13. The van der Waals surface area contributed by atoms with Crippen LogP contribution in [0.15, 0.2) is 54.6 Å². The third kappa shape index (κ3) is 5.25. The predicted molar refractivity (Wildman–Crippen MR) is 107 cm³/mol. The lowest BCUT2D eigenvalue weighted by Crippen LogP contribution is -2.18. The third-order valence-electron chi connectivity index (χ3n) is 4.00. The second-order valence-corrected chi connectivity index (χ2v) is 6.27. The molecule has 0 saturated carbocycles. The van der Waals surface area contributed by atoms with Crippen molar-refractivity contribution in [3.8, 4) is 5.88 Å². The average Bonchev–Trinajstić information content (AvgIpc) is 2.68. The van der Waals surface area contributed by atoms with Crippen LogP contribution in [0.5, 0.6) is 5.88 Å². The Morgan fingerprint density at radius 1 is 1.03 bits per heavy atom. The fourth-order valence-electron chi connectivity index (χ4n) is 2.74. The molecule has 2 N–H and O–H groups in total. The number of alkyl halides is 3. The van der Waals surface area contributed by atoms with Gasteiger partial charge in [-0.1, -0.05) is 12.1 Å². The molecule has 0 unspecified atom stereocenters. The summed E-state index contributed by atoms with van der Waals surface area (Å²) in [7, 11) is 0. The van der Waals surface area contributed by atoms with Crippen molar-refractivity contribution in [2.24, 2.45) is 0 Å². The minimum Gasteiger partial charge on any atom is -0.478 e. The van der Waals surface area contributed by atoms with Crippen molar-refractivity contribution in [3.63, 3.8) is 0 Å². The highest BCUT2D eigenvalue weighted by Crippen LogP contribution is 2.32. The van der Waals surface area contributed by atoms with Crippen LogP contribution in [0.2, 0.25) is 0 Å². The molecule has 30 heavy (non-hydrogen) atoms. The van der Waals surface area contributed by atoms with Crippen LogP contribution in [0.25, 0.3) is 0 Å². The van der Waals surface area contributed by atoms with E-state index in [0.717, 1.165) is 12.1 Å². The Morgan fingerprint density at radius 3 is 2.37 bits per heavy atom. The van der Waals surface area contributed by atoms with Crippen LogP contribution in [0.1, 0.15) is 28.7 Å². The van der Waals surface area contributed by atoms with Crippen molar-refractivity contribution >= 4 is 23.1 Å². The molecule has 0 fully saturated rings. The molecule has 0 radical (unpaired) electrons. The molecule has 0 aliphatic heterocycles. The van der Waals surface area contributed by atoms with Crippen molar-refractivity contribution in [3.05, 3.63) is 71.5 Å². The molecular weight excluding hydrogens is 397 g/mol. The SMILES string of the molecule is CCOc1cc(Nc2ccc(NC(=O)c3ccccc3C(F)(F)F)cc2)nc(C)n1. The Morgan fingerprint density at radius 2 is 1.70 bits per heavy atom. The van der Waals surface area contributed by atoms with Gasteiger partial charge in [-0.15, -0.1) is 0 Å². The number of ether oxygens (including phenoxy) is 1. The number of halogens is 3. The molecule has 3 rings (SSSR count). The number of nitrogens with zero attached hydrogens (tertiary/aromatic N) is 2. The summed E-state index contributed by atoms with van der Waals surface area (Å²) >= 11 is 0. The van der Waals surface area contributed by atoms with Gasteiger partial charge in [-0.2, -0.15) is 18.2 Å². The molecule has 0 aliphatic rings. The minimum absolute atomic E-state index is 0.358. The maximum Gasteiger partial charge on any atom is 0.417 e. The van der Waals surface area contributed by atoms with Crippen molar-refractivity contribution in [1.82, 2.24) is 9.97 Å². The molecule has 0 atom stereocenters. The van der Waals surface area contributed by atoms with E-state index >= 15 is 0 Å². The maximum absolute atomic E-state index is 13.1. The number of aromatic nitrogens is 2. The van der Waals surface area contributed by atoms with Crippen LogP contribution >= 0.6 is 0 Å². The van der Waals surface area contributed by atoms with Crippen LogP contribution in [-0.4, -0.2) is 22.5 Å². The van der Waals surface area contributed by atoms with Gasteiger partial charge < -0.3 is 15.4 Å². The lowest BCUT2D eigenvalue weighted by atomic mass is 10.1. The standard InChI is InChI=1S/C21H19F3N4O2/c1-3-30-19-12-18(25-13(2)26-19)27-14-8-10-15(11-9-14)28-20(29)16-6-4-5-7-17(16)21(22,23)24/h4-12H,3H2,1-2H3,(H,28,29)(H,25,26,27). The highest BCUT2D eigenvalue weighted by atomic mass is 19.4. The predicted octanol–water partition coefficient (Wildman–Crippen LogP) is 5.20. The van der Waals surface area contributed by atoms with Crippen LogP contribution in [0.3, 0.4) is 0 Å². The first-order chi connectivity index (χ1) is 14.3. The smallest absolute Gasteiger partial charge is 0.417 e. The number of rotatable bonds is 6. The van der Waals surface area contributed by atoms with E-state index in [-0.39, 0.29) is 0 Å². The summed E-state index contributed by atoms with van der Waals surface area (Å²) in [5.41, 5.74) is -0.391. The average molecular weight is 416 g/mol. The van der Waals surface area contributed by atoms with Crippen molar-refractivity contribution in [1.29, 1.82) is 0 Å². The number of amides is 1. The summed E-state index contributed by atoms with van der Waals surface area (Å²) in [5.74, 6) is 0.675. The number of nitrogens with one attached hydrogen (secondary N) is 2. The molecule has 3 aromatic rings. The van der Waals surface area contributed by atoms with E-state index in [1.807, 2.05) is 6.92 Å². The lowest BCUT2D eigenvalue weighted by molar-refractivity contribution is -0.137. The van der Waals surface area contributed by atoms with Gasteiger partial charge in [-0.05, 0) is 50.2 Å². The van der Waals surface area contributed by atoms with Gasteiger partial charge in [0, 0.05) is 17.4 Å². The van der Waals surface area contributed by atoms with Crippen molar-refractivity contribution < 1.29 is 22.7 Å². The van der Waals surface area contributed by atoms with E-state index in [2.05, 4.69) is 20.6 Å². The first kappa shape index (κ1) is 21.1. The van der Waals surface area contributed by atoms with E-state index < -0.39 is 23.2 Å². The summed E-state index contributed by atoms with van der Waals surface area (Å²) in [4.78, 5) is 20.8. The summed E-state index contributed by atoms with van der Waals surface area (Å²) < 4.78 is 44.7. The number of benzene rings is 2. The molecule has 0 saturated heterocycles. The Bertz CT molecular complexity index is 1040. The molecule has 1 heterocycles. The summed E-state index contributed by atoms with van der Waals surface area (Å²) in [6.07, 6.45) is -4.61. The zero-order chi connectivity index (χ0) is 21.7. The van der Waals surface area contributed by atoms with Gasteiger partial charge in [-0.25, -0.2) is 4.98 Å². The maximum atomic E-state index is 13.1. The fourth-order valence-corrected chi connectivity index (χ4v) is 2.74. The number of carbonyl (C=O) groups excluding carboxylic acids is 1. The molecule has 0 bridgehead atoms.